The van der Waals surface area contributed by atoms with Gasteiger partial charge in [0.25, 0.3) is 10.1 Å². The molecule has 0 radical (unpaired) electrons. The minimum Gasteiger partial charge on any atom is -0.469 e. The molecular formula is C23H29NO5S. The first kappa shape index (κ1) is 22.5. The molecule has 4 atom stereocenters. The number of piperidine rings is 1. The van der Waals surface area contributed by atoms with Crippen molar-refractivity contribution < 1.29 is 22.5 Å². The molecule has 0 aliphatic carbocycles. The van der Waals surface area contributed by atoms with Crippen LogP contribution < -0.4 is 0 Å². The lowest BCUT2D eigenvalue weighted by molar-refractivity contribution is -0.150. The number of carbonyl (C=O) groups is 1. The van der Waals surface area contributed by atoms with Crippen molar-refractivity contribution in [2.24, 2.45) is 5.92 Å². The van der Waals surface area contributed by atoms with Crippen LogP contribution in [0.1, 0.15) is 36.3 Å². The zero-order chi connectivity index (χ0) is 21.9. The predicted octanol–water partition coefficient (Wildman–Crippen LogP) is 3.67. The van der Waals surface area contributed by atoms with E-state index >= 15 is 0 Å². The van der Waals surface area contributed by atoms with Gasteiger partial charge >= 0.3 is 5.97 Å². The highest BCUT2D eigenvalue weighted by Gasteiger charge is 2.49. The number of rotatable bonds is 3. The van der Waals surface area contributed by atoms with E-state index < -0.39 is 10.1 Å². The number of ether oxygens (including phenoxy) is 1. The Hall–Kier alpha value is -2.22. The molecule has 4 rings (SSSR count). The molecule has 6 nitrogen and oxygen atoms in total. The number of hydrogen-bond donors (Lipinski definition) is 1. The maximum absolute atomic E-state index is 12.2. The summed E-state index contributed by atoms with van der Waals surface area (Å²) in [6.45, 7) is 1.84. The average molecular weight is 432 g/mol. The third-order valence-corrected chi connectivity index (χ3v) is 7.16. The Bertz CT molecular complexity index is 959. The van der Waals surface area contributed by atoms with Gasteiger partial charge in [0.05, 0.1) is 17.9 Å². The first-order valence-electron chi connectivity index (χ1n) is 10.1. The van der Waals surface area contributed by atoms with E-state index in [4.69, 9.17) is 9.29 Å². The average Bonchev–Trinajstić information content (AvgIpc) is 2.96. The molecule has 7 heteroatoms. The molecule has 2 aromatic rings. The van der Waals surface area contributed by atoms with Crippen molar-refractivity contribution in [1.82, 2.24) is 4.90 Å². The molecular weight excluding hydrogens is 402 g/mol. The Morgan fingerprint density at radius 3 is 2.27 bits per heavy atom. The Labute approximate surface area is 178 Å². The van der Waals surface area contributed by atoms with Crippen molar-refractivity contribution in [2.45, 2.75) is 49.1 Å². The second kappa shape index (κ2) is 9.29. The predicted molar refractivity (Wildman–Crippen MR) is 115 cm³/mol. The summed E-state index contributed by atoms with van der Waals surface area (Å²) < 4.78 is 34.6. The lowest BCUT2D eigenvalue weighted by Gasteiger charge is -2.41. The highest BCUT2D eigenvalue weighted by Crippen LogP contribution is 2.46. The molecule has 0 aromatic heterocycles. The number of carbonyl (C=O) groups excluding carboxylic acids is 1. The van der Waals surface area contributed by atoms with Gasteiger partial charge in [0.15, 0.2) is 0 Å². The molecule has 0 unspecified atom stereocenters. The van der Waals surface area contributed by atoms with Crippen molar-refractivity contribution in [3.8, 4) is 0 Å². The van der Waals surface area contributed by atoms with Gasteiger partial charge in [0, 0.05) is 18.0 Å². The van der Waals surface area contributed by atoms with Gasteiger partial charge in [0.2, 0.25) is 0 Å². The highest BCUT2D eigenvalue weighted by molar-refractivity contribution is 7.85. The molecule has 30 heavy (non-hydrogen) atoms. The third kappa shape index (κ3) is 4.91. The number of fused-ring (bicyclic) bond motifs is 2. The van der Waals surface area contributed by atoms with E-state index in [9.17, 15) is 13.2 Å². The van der Waals surface area contributed by atoms with Crippen LogP contribution in [0.15, 0.2) is 59.5 Å². The molecule has 2 aromatic carbocycles. The number of aryl methyl sites for hydroxylation is 1. The summed E-state index contributed by atoms with van der Waals surface area (Å²) in [5.41, 5.74) is 2.24. The van der Waals surface area contributed by atoms with Gasteiger partial charge < -0.3 is 4.74 Å². The van der Waals surface area contributed by atoms with Crippen LogP contribution in [0.3, 0.4) is 0 Å². The smallest absolute Gasteiger partial charge is 0.310 e. The van der Waals surface area contributed by atoms with E-state index in [0.717, 1.165) is 18.4 Å². The minimum absolute atomic E-state index is 0.0175. The van der Waals surface area contributed by atoms with Gasteiger partial charge in [-0.25, -0.2) is 0 Å². The fourth-order valence-electron chi connectivity index (χ4n) is 4.68. The first-order chi connectivity index (χ1) is 14.2. The van der Waals surface area contributed by atoms with Crippen molar-refractivity contribution in [3.05, 3.63) is 65.7 Å². The van der Waals surface area contributed by atoms with E-state index in [1.807, 2.05) is 13.0 Å². The quantitative estimate of drug-likeness (QED) is 0.590. The number of nitrogens with zero attached hydrogens (tertiary/aromatic N) is 1. The molecule has 1 N–H and O–H groups in total. The van der Waals surface area contributed by atoms with E-state index in [2.05, 4.69) is 36.2 Å². The zero-order valence-electron chi connectivity index (χ0n) is 17.6. The van der Waals surface area contributed by atoms with Crippen LogP contribution in [0.2, 0.25) is 0 Å². The van der Waals surface area contributed by atoms with Crippen LogP contribution in [0.5, 0.6) is 0 Å². The molecule has 0 saturated carbocycles. The van der Waals surface area contributed by atoms with E-state index in [1.54, 1.807) is 12.1 Å². The van der Waals surface area contributed by atoms with Gasteiger partial charge in [0.1, 0.15) is 0 Å². The summed E-state index contributed by atoms with van der Waals surface area (Å²) in [5, 5.41) is 0. The van der Waals surface area contributed by atoms with E-state index in [0.29, 0.717) is 18.0 Å². The topological polar surface area (TPSA) is 83.9 Å². The molecule has 2 aliphatic rings. The lowest BCUT2D eigenvalue weighted by Crippen LogP contribution is -2.49. The third-order valence-electron chi connectivity index (χ3n) is 6.29. The molecule has 2 bridgehead atoms. The Morgan fingerprint density at radius 2 is 1.70 bits per heavy atom. The van der Waals surface area contributed by atoms with Crippen molar-refractivity contribution >= 4 is 16.1 Å². The second-order valence-electron chi connectivity index (χ2n) is 8.05. The molecule has 162 valence electrons. The van der Waals surface area contributed by atoms with Crippen LogP contribution in [-0.2, 0) is 19.6 Å². The van der Waals surface area contributed by atoms with Crippen LogP contribution in [0, 0.1) is 12.8 Å². The molecule has 2 fully saturated rings. The van der Waals surface area contributed by atoms with Crippen molar-refractivity contribution in [3.63, 3.8) is 0 Å². The summed E-state index contributed by atoms with van der Waals surface area (Å²) in [7, 11) is -0.362. The summed E-state index contributed by atoms with van der Waals surface area (Å²) in [4.78, 5) is 14.6. The van der Waals surface area contributed by atoms with Crippen molar-refractivity contribution in [1.29, 1.82) is 0 Å². The molecule has 2 heterocycles. The number of methoxy groups -OCH3 is 1. The van der Waals surface area contributed by atoms with Gasteiger partial charge in [-0.05, 0) is 50.9 Å². The summed E-state index contributed by atoms with van der Waals surface area (Å²) >= 11 is 0. The number of hydrogen-bond acceptors (Lipinski definition) is 5. The SMILES string of the molecule is COC(=O)[C@@H]1[C@H]2CC[C@@H](C[C@H]1c1ccccc1)N2C.Cc1ccc(S(=O)(=O)O)cc1. The number of benzene rings is 2. The highest BCUT2D eigenvalue weighted by atomic mass is 32.2. The zero-order valence-corrected chi connectivity index (χ0v) is 18.4. The lowest BCUT2D eigenvalue weighted by atomic mass is 9.76. The largest absolute Gasteiger partial charge is 0.469 e. The first-order valence-corrected chi connectivity index (χ1v) is 11.5. The molecule has 0 spiro atoms. The maximum atomic E-state index is 12.2. The fraction of sp³-hybridized carbons (Fsp3) is 0.435. The summed E-state index contributed by atoms with van der Waals surface area (Å²) in [5.74, 6) is 0.240. The van der Waals surface area contributed by atoms with Crippen LogP contribution in [0.25, 0.3) is 0 Å². The van der Waals surface area contributed by atoms with Gasteiger partial charge in [-0.15, -0.1) is 0 Å². The summed E-state index contributed by atoms with van der Waals surface area (Å²) in [6.07, 6.45) is 3.39. The van der Waals surface area contributed by atoms with E-state index in [1.165, 1.54) is 31.2 Å². The summed E-state index contributed by atoms with van der Waals surface area (Å²) in [6, 6.07) is 17.4. The standard InChI is InChI=1S/C16H21NO2.C7H8O3S/c1-17-12-8-9-14(17)15(16(18)19-2)13(10-12)11-6-4-3-5-7-11;1-6-2-4-7(5-3-6)11(8,9)10/h3-7,12-15H,8-10H2,1-2H3;2-5H,1H3,(H,8,9,10)/t12-,13-,14+,15-;/m0./s1. The normalized spacial score (nSPS) is 25.9. The van der Waals surface area contributed by atoms with Gasteiger partial charge in [-0.1, -0.05) is 48.0 Å². The maximum Gasteiger partial charge on any atom is 0.310 e. The minimum atomic E-state index is -4.02. The van der Waals surface area contributed by atoms with Gasteiger partial charge in [-0.2, -0.15) is 8.42 Å². The fourth-order valence-corrected chi connectivity index (χ4v) is 5.16. The Kier molecular flexibility index (Phi) is 6.95. The monoisotopic (exact) mass is 431 g/mol. The Balaban J connectivity index is 0.000000199. The van der Waals surface area contributed by atoms with Crippen molar-refractivity contribution in [2.75, 3.05) is 14.2 Å². The molecule has 0 amide bonds. The van der Waals surface area contributed by atoms with E-state index in [-0.39, 0.29) is 16.8 Å². The second-order valence-corrected chi connectivity index (χ2v) is 9.48. The Morgan fingerprint density at radius 1 is 1.07 bits per heavy atom. The van der Waals surface area contributed by atoms with Gasteiger partial charge in [-0.3, -0.25) is 14.2 Å². The van der Waals surface area contributed by atoms with Crippen LogP contribution >= 0.6 is 0 Å². The molecule has 2 aliphatic heterocycles. The van der Waals surface area contributed by atoms with Crippen LogP contribution in [-0.4, -0.2) is 50.1 Å². The number of esters is 1. The molecule has 2 saturated heterocycles. The van der Waals surface area contributed by atoms with Crippen LogP contribution in [0.4, 0.5) is 0 Å².